The molecule has 112 valence electrons. The highest BCUT2D eigenvalue weighted by Crippen LogP contribution is 2.23. The molecule has 1 atom stereocenters. The standard InChI is InChI=1S/C13H15N3O5/c1-7-11(8(2)21-14-7)12(18)15-4-3-9(5-15)16-10(17)6-20-13(16)19/h9H,3-6H2,1-2H3. The van der Waals surface area contributed by atoms with Crippen molar-refractivity contribution < 1.29 is 23.6 Å². The van der Waals surface area contributed by atoms with Crippen LogP contribution in [0.25, 0.3) is 0 Å². The summed E-state index contributed by atoms with van der Waals surface area (Å²) < 4.78 is 9.71. The fourth-order valence-corrected chi connectivity index (χ4v) is 2.80. The number of hydrogen-bond donors (Lipinski definition) is 0. The van der Waals surface area contributed by atoms with Crippen molar-refractivity contribution in [2.45, 2.75) is 26.3 Å². The first-order valence-corrected chi connectivity index (χ1v) is 6.70. The second-order valence-electron chi connectivity index (χ2n) is 5.21. The van der Waals surface area contributed by atoms with E-state index < -0.39 is 6.09 Å². The van der Waals surface area contributed by atoms with Gasteiger partial charge < -0.3 is 14.2 Å². The van der Waals surface area contributed by atoms with Gasteiger partial charge >= 0.3 is 6.09 Å². The van der Waals surface area contributed by atoms with E-state index >= 15 is 0 Å². The Balaban J connectivity index is 1.74. The van der Waals surface area contributed by atoms with Crippen molar-refractivity contribution in [2.75, 3.05) is 19.7 Å². The maximum Gasteiger partial charge on any atom is 0.417 e. The van der Waals surface area contributed by atoms with Crippen LogP contribution in [0.3, 0.4) is 0 Å². The molecular formula is C13H15N3O5. The molecular weight excluding hydrogens is 278 g/mol. The van der Waals surface area contributed by atoms with Crippen LogP contribution in [0.1, 0.15) is 28.2 Å². The summed E-state index contributed by atoms with van der Waals surface area (Å²) in [5.41, 5.74) is 0.989. The predicted octanol–water partition coefficient (Wildman–Crippen LogP) is 0.485. The van der Waals surface area contributed by atoms with E-state index in [0.717, 1.165) is 4.90 Å². The number of cyclic esters (lactones) is 1. The van der Waals surface area contributed by atoms with Crippen LogP contribution >= 0.6 is 0 Å². The van der Waals surface area contributed by atoms with Gasteiger partial charge in [0.15, 0.2) is 6.61 Å². The maximum absolute atomic E-state index is 12.5. The molecule has 0 N–H and O–H groups in total. The van der Waals surface area contributed by atoms with E-state index in [0.29, 0.717) is 36.5 Å². The number of aryl methyl sites for hydroxylation is 2. The first-order chi connectivity index (χ1) is 9.99. The molecule has 0 bridgehead atoms. The van der Waals surface area contributed by atoms with Crippen molar-refractivity contribution in [1.82, 2.24) is 15.0 Å². The van der Waals surface area contributed by atoms with Crippen molar-refractivity contribution in [3.63, 3.8) is 0 Å². The summed E-state index contributed by atoms with van der Waals surface area (Å²) >= 11 is 0. The van der Waals surface area contributed by atoms with E-state index in [1.807, 2.05) is 0 Å². The number of ether oxygens (including phenoxy) is 1. The van der Waals surface area contributed by atoms with Gasteiger partial charge in [-0.1, -0.05) is 5.16 Å². The highest BCUT2D eigenvalue weighted by molar-refractivity contribution is 5.99. The van der Waals surface area contributed by atoms with Crippen LogP contribution in [0.2, 0.25) is 0 Å². The van der Waals surface area contributed by atoms with Crippen LogP contribution in [0.5, 0.6) is 0 Å². The molecule has 21 heavy (non-hydrogen) atoms. The molecule has 0 radical (unpaired) electrons. The van der Waals surface area contributed by atoms with Gasteiger partial charge in [-0.15, -0.1) is 0 Å². The molecule has 3 rings (SSSR count). The van der Waals surface area contributed by atoms with Crippen molar-refractivity contribution in [3.8, 4) is 0 Å². The van der Waals surface area contributed by atoms with E-state index in [9.17, 15) is 14.4 Å². The monoisotopic (exact) mass is 293 g/mol. The Hall–Kier alpha value is -2.38. The Morgan fingerprint density at radius 2 is 2.10 bits per heavy atom. The highest BCUT2D eigenvalue weighted by Gasteiger charge is 2.41. The zero-order valence-corrected chi connectivity index (χ0v) is 11.8. The number of rotatable bonds is 2. The normalized spacial score (nSPS) is 22.1. The molecule has 2 aliphatic heterocycles. The number of nitrogens with zero attached hydrogens (tertiary/aromatic N) is 3. The largest absolute Gasteiger partial charge is 0.439 e. The minimum atomic E-state index is -0.628. The van der Waals surface area contributed by atoms with Gasteiger partial charge in [-0.25, -0.2) is 9.69 Å². The van der Waals surface area contributed by atoms with Gasteiger partial charge in [-0.3, -0.25) is 9.59 Å². The van der Waals surface area contributed by atoms with E-state index in [4.69, 9.17) is 9.26 Å². The van der Waals surface area contributed by atoms with Crippen molar-refractivity contribution in [1.29, 1.82) is 0 Å². The topological polar surface area (TPSA) is 93.0 Å². The van der Waals surface area contributed by atoms with Gasteiger partial charge in [-0.05, 0) is 20.3 Å². The summed E-state index contributed by atoms with van der Waals surface area (Å²) in [5, 5.41) is 3.77. The Labute approximate surface area is 120 Å². The number of imide groups is 1. The van der Waals surface area contributed by atoms with Crippen LogP contribution in [0, 0.1) is 13.8 Å². The zero-order chi connectivity index (χ0) is 15.1. The molecule has 3 amide bonds. The lowest BCUT2D eigenvalue weighted by Crippen LogP contribution is -2.42. The third-order valence-electron chi connectivity index (χ3n) is 3.85. The number of amides is 3. The molecule has 2 saturated heterocycles. The average molecular weight is 293 g/mol. The van der Waals surface area contributed by atoms with Crippen LogP contribution in [0.15, 0.2) is 4.52 Å². The molecule has 3 heterocycles. The third kappa shape index (κ3) is 2.16. The summed E-state index contributed by atoms with van der Waals surface area (Å²) in [5.74, 6) is -0.0667. The number of hydrogen-bond acceptors (Lipinski definition) is 6. The average Bonchev–Trinajstić information content (AvgIpc) is 3.11. The zero-order valence-electron chi connectivity index (χ0n) is 11.8. The second kappa shape index (κ2) is 4.87. The first kappa shape index (κ1) is 13.6. The SMILES string of the molecule is Cc1noc(C)c1C(=O)N1CCC(N2C(=O)COC2=O)C1. The van der Waals surface area contributed by atoms with Crippen LogP contribution in [-0.2, 0) is 9.53 Å². The highest BCUT2D eigenvalue weighted by atomic mass is 16.6. The Morgan fingerprint density at radius 3 is 2.67 bits per heavy atom. The Bertz CT molecular complexity index is 588. The lowest BCUT2D eigenvalue weighted by molar-refractivity contribution is -0.127. The predicted molar refractivity (Wildman–Crippen MR) is 68.5 cm³/mol. The number of carbonyl (C=O) groups excluding carboxylic acids is 3. The van der Waals surface area contributed by atoms with Crippen molar-refractivity contribution in [2.24, 2.45) is 0 Å². The Kier molecular flexibility index (Phi) is 3.15. The quantitative estimate of drug-likeness (QED) is 0.787. The summed E-state index contributed by atoms with van der Waals surface area (Å²) in [4.78, 5) is 38.4. The van der Waals surface area contributed by atoms with E-state index in [-0.39, 0.29) is 24.5 Å². The molecule has 0 saturated carbocycles. The van der Waals surface area contributed by atoms with Crippen molar-refractivity contribution in [3.05, 3.63) is 17.0 Å². The fourth-order valence-electron chi connectivity index (χ4n) is 2.80. The number of carbonyl (C=O) groups is 3. The maximum atomic E-state index is 12.5. The molecule has 8 heteroatoms. The second-order valence-corrected chi connectivity index (χ2v) is 5.21. The molecule has 0 spiro atoms. The van der Waals surface area contributed by atoms with Crippen LogP contribution in [0.4, 0.5) is 4.79 Å². The molecule has 8 nitrogen and oxygen atoms in total. The van der Waals surface area contributed by atoms with E-state index in [1.54, 1.807) is 18.7 Å². The lowest BCUT2D eigenvalue weighted by atomic mass is 10.2. The van der Waals surface area contributed by atoms with Gasteiger partial charge in [0.05, 0.1) is 11.7 Å². The molecule has 0 aliphatic carbocycles. The smallest absolute Gasteiger partial charge is 0.417 e. The number of aromatic nitrogens is 1. The molecule has 2 aliphatic rings. The Morgan fingerprint density at radius 1 is 1.33 bits per heavy atom. The molecule has 2 fully saturated rings. The van der Waals surface area contributed by atoms with Crippen LogP contribution in [-0.4, -0.2) is 58.6 Å². The minimum Gasteiger partial charge on any atom is -0.439 e. The first-order valence-electron chi connectivity index (χ1n) is 6.70. The summed E-state index contributed by atoms with van der Waals surface area (Å²) in [6.07, 6.45) is -0.0766. The minimum absolute atomic E-state index is 0.186. The summed E-state index contributed by atoms with van der Waals surface area (Å²) in [6.45, 7) is 3.96. The van der Waals surface area contributed by atoms with Gasteiger partial charge in [0.2, 0.25) is 0 Å². The molecule has 1 aromatic rings. The van der Waals surface area contributed by atoms with Gasteiger partial charge in [-0.2, -0.15) is 0 Å². The van der Waals surface area contributed by atoms with Gasteiger partial charge in [0.25, 0.3) is 11.8 Å². The fraction of sp³-hybridized carbons (Fsp3) is 0.538. The van der Waals surface area contributed by atoms with Gasteiger partial charge in [0.1, 0.15) is 11.3 Å². The summed E-state index contributed by atoms with van der Waals surface area (Å²) in [6, 6.07) is -0.322. The third-order valence-corrected chi connectivity index (χ3v) is 3.85. The molecule has 1 unspecified atom stereocenters. The van der Waals surface area contributed by atoms with E-state index in [1.165, 1.54) is 0 Å². The van der Waals surface area contributed by atoms with Crippen LogP contribution < -0.4 is 0 Å². The molecule has 0 aromatic carbocycles. The van der Waals surface area contributed by atoms with Gasteiger partial charge in [0, 0.05) is 13.1 Å². The molecule has 1 aromatic heterocycles. The number of likely N-dealkylation sites (tertiary alicyclic amines) is 1. The summed E-state index contributed by atoms with van der Waals surface area (Å²) in [7, 11) is 0. The van der Waals surface area contributed by atoms with Crippen molar-refractivity contribution >= 4 is 17.9 Å². The van der Waals surface area contributed by atoms with E-state index in [2.05, 4.69) is 5.16 Å². The lowest BCUT2D eigenvalue weighted by Gasteiger charge is -2.20.